The first kappa shape index (κ1) is 20.5. The Labute approximate surface area is 172 Å². The van der Waals surface area contributed by atoms with Crippen LogP contribution >= 0.6 is 11.3 Å². The number of fused-ring (bicyclic) bond motifs is 1. The third-order valence-electron chi connectivity index (χ3n) is 4.94. The maximum absolute atomic E-state index is 13.6. The normalized spacial score (nSPS) is 16.5. The first-order chi connectivity index (χ1) is 14.3. The van der Waals surface area contributed by atoms with Crippen LogP contribution in [-0.2, 0) is 19.3 Å². The van der Waals surface area contributed by atoms with E-state index in [1.807, 2.05) is 0 Å². The van der Waals surface area contributed by atoms with Crippen molar-refractivity contribution in [2.24, 2.45) is 0 Å². The van der Waals surface area contributed by atoms with Gasteiger partial charge in [-0.25, -0.2) is 8.78 Å². The molecule has 0 saturated heterocycles. The molecule has 0 bridgehead atoms. The minimum Gasteiger partial charge on any atom is -0.311 e. The van der Waals surface area contributed by atoms with Crippen LogP contribution in [-0.4, -0.2) is 22.8 Å². The molecule has 30 heavy (non-hydrogen) atoms. The van der Waals surface area contributed by atoms with E-state index in [-0.39, 0.29) is 17.0 Å². The number of thiophene rings is 1. The Morgan fingerprint density at radius 3 is 2.70 bits per heavy atom. The number of hydrogen-bond donors (Lipinski definition) is 1. The van der Waals surface area contributed by atoms with Gasteiger partial charge < -0.3 is 5.32 Å². The molecule has 1 aromatic carbocycles. The van der Waals surface area contributed by atoms with Crippen LogP contribution < -0.4 is 5.32 Å². The molecule has 0 unspecified atom stereocenters. The van der Waals surface area contributed by atoms with E-state index in [4.69, 9.17) is 0 Å². The topological polar surface area (TPSA) is 53.6 Å². The summed E-state index contributed by atoms with van der Waals surface area (Å²) in [5, 5.41) is 15.9. The fourth-order valence-corrected chi connectivity index (χ4v) is 4.75. The summed E-state index contributed by atoms with van der Waals surface area (Å²) in [7, 11) is 0. The molecule has 0 saturated carbocycles. The van der Waals surface area contributed by atoms with Gasteiger partial charge in [0.2, 0.25) is 0 Å². The molecule has 1 atom stereocenters. The van der Waals surface area contributed by atoms with Gasteiger partial charge >= 0.3 is 6.18 Å². The number of hydrogen-bond acceptors (Lipinski definition) is 4. The Kier molecular flexibility index (Phi) is 5.34. The third kappa shape index (κ3) is 3.82. The van der Waals surface area contributed by atoms with Crippen molar-refractivity contribution in [2.75, 3.05) is 6.54 Å². The lowest BCUT2D eigenvalue weighted by molar-refractivity contribution is -0.141. The second kappa shape index (κ2) is 7.81. The lowest BCUT2D eigenvalue weighted by Crippen LogP contribution is -2.27. The van der Waals surface area contributed by atoms with Crippen molar-refractivity contribution in [3.8, 4) is 17.2 Å². The van der Waals surface area contributed by atoms with Gasteiger partial charge in [-0.2, -0.15) is 23.5 Å². The summed E-state index contributed by atoms with van der Waals surface area (Å²) >= 11 is 1.35. The Balaban J connectivity index is 1.86. The van der Waals surface area contributed by atoms with Crippen LogP contribution in [0.1, 0.15) is 32.5 Å². The number of alkyl halides is 5. The average molecular weight is 438 g/mol. The lowest BCUT2D eigenvalue weighted by atomic mass is 9.84. The molecule has 2 aromatic heterocycles. The molecule has 0 radical (unpaired) electrons. The van der Waals surface area contributed by atoms with Crippen LogP contribution in [0.2, 0.25) is 0 Å². The van der Waals surface area contributed by atoms with Crippen molar-refractivity contribution in [2.45, 2.75) is 31.6 Å². The van der Waals surface area contributed by atoms with E-state index >= 15 is 0 Å². The van der Waals surface area contributed by atoms with E-state index in [1.54, 1.807) is 30.3 Å². The minimum absolute atomic E-state index is 0.235. The van der Waals surface area contributed by atoms with Gasteiger partial charge in [-0.05, 0) is 22.8 Å². The molecule has 0 aliphatic carbocycles. The van der Waals surface area contributed by atoms with Crippen LogP contribution in [0.25, 0.3) is 11.1 Å². The first-order valence-corrected chi connectivity index (χ1v) is 9.85. The fourth-order valence-electron chi connectivity index (χ4n) is 3.76. The molecule has 3 heterocycles. The van der Waals surface area contributed by atoms with Gasteiger partial charge in [-0.15, -0.1) is 11.3 Å². The zero-order valence-electron chi connectivity index (χ0n) is 15.4. The van der Waals surface area contributed by atoms with E-state index in [1.165, 1.54) is 11.3 Å². The molecule has 156 valence electrons. The zero-order valence-corrected chi connectivity index (χ0v) is 16.2. The highest BCUT2D eigenvalue weighted by Gasteiger charge is 2.39. The highest BCUT2D eigenvalue weighted by molar-refractivity contribution is 7.12. The second-order valence-electron chi connectivity index (χ2n) is 6.87. The summed E-state index contributed by atoms with van der Waals surface area (Å²) in [6.07, 6.45) is -6.59. The largest absolute Gasteiger partial charge is 0.435 e. The molecular weight excluding hydrogens is 423 g/mol. The maximum atomic E-state index is 13.6. The highest BCUT2D eigenvalue weighted by Crippen LogP contribution is 2.42. The van der Waals surface area contributed by atoms with E-state index in [0.29, 0.717) is 28.2 Å². The average Bonchev–Trinajstić information content (AvgIpc) is 3.31. The first-order valence-electron chi connectivity index (χ1n) is 9.03. The molecular formula is C20H15F5N4S. The van der Waals surface area contributed by atoms with Crippen molar-refractivity contribution in [3.05, 3.63) is 63.1 Å². The number of aromatic nitrogens is 2. The van der Waals surface area contributed by atoms with Crippen molar-refractivity contribution in [1.82, 2.24) is 15.1 Å². The molecule has 0 spiro atoms. The summed E-state index contributed by atoms with van der Waals surface area (Å²) in [5.41, 5.74) is 0.380. The molecule has 4 rings (SSSR count). The molecule has 10 heteroatoms. The smallest absolute Gasteiger partial charge is 0.311 e. The number of benzene rings is 1. The molecule has 1 aliphatic rings. The van der Waals surface area contributed by atoms with Crippen molar-refractivity contribution >= 4 is 11.3 Å². The van der Waals surface area contributed by atoms with E-state index in [9.17, 15) is 27.2 Å². The maximum Gasteiger partial charge on any atom is 0.435 e. The minimum atomic E-state index is -4.79. The molecule has 0 fully saturated rings. The molecule has 1 aliphatic heterocycles. The molecule has 4 nitrogen and oxygen atoms in total. The molecule has 1 N–H and O–H groups in total. The third-order valence-corrected chi connectivity index (χ3v) is 6.00. The quantitative estimate of drug-likeness (QED) is 0.583. The van der Waals surface area contributed by atoms with E-state index in [2.05, 4.69) is 16.5 Å². The highest BCUT2D eigenvalue weighted by atomic mass is 32.1. The second-order valence-corrected chi connectivity index (χ2v) is 8.01. The van der Waals surface area contributed by atoms with Gasteiger partial charge in [-0.1, -0.05) is 24.3 Å². The van der Waals surface area contributed by atoms with Gasteiger partial charge in [0.05, 0.1) is 0 Å². The summed E-state index contributed by atoms with van der Waals surface area (Å²) < 4.78 is 67.1. The number of rotatable bonds is 4. The fraction of sp³-hybridized carbons (Fsp3) is 0.300. The SMILES string of the molecule is N#Cc1cc2c(s1)CNC[C@H]2c1ccccc1-c1cn(CC(F)F)nc1C(F)(F)F. The Morgan fingerprint density at radius 2 is 2.00 bits per heavy atom. The van der Waals surface area contributed by atoms with Gasteiger partial charge in [0.1, 0.15) is 17.5 Å². The predicted octanol–water partition coefficient (Wildman–Crippen LogP) is 5.00. The van der Waals surface area contributed by atoms with Crippen LogP contribution in [0.4, 0.5) is 22.0 Å². The van der Waals surface area contributed by atoms with E-state index < -0.39 is 24.8 Å². The number of nitrogens with one attached hydrogen (secondary N) is 1. The molecule has 3 aromatic rings. The predicted molar refractivity (Wildman–Crippen MR) is 101 cm³/mol. The van der Waals surface area contributed by atoms with Crippen molar-refractivity contribution in [1.29, 1.82) is 5.26 Å². The van der Waals surface area contributed by atoms with Crippen LogP contribution in [0.15, 0.2) is 36.5 Å². The molecule has 0 amide bonds. The van der Waals surface area contributed by atoms with E-state index in [0.717, 1.165) is 16.6 Å². The summed E-state index contributed by atoms with van der Waals surface area (Å²) in [5.74, 6) is -0.275. The van der Waals surface area contributed by atoms with Crippen LogP contribution in [0.3, 0.4) is 0 Å². The van der Waals surface area contributed by atoms with Gasteiger partial charge in [-0.3, -0.25) is 4.68 Å². The lowest BCUT2D eigenvalue weighted by Gasteiger charge is -2.26. The summed E-state index contributed by atoms with van der Waals surface area (Å²) in [6.45, 7) is 0.148. The Bertz CT molecular complexity index is 1110. The van der Waals surface area contributed by atoms with Gasteiger partial charge in [0, 0.05) is 35.6 Å². The Morgan fingerprint density at radius 1 is 1.23 bits per heavy atom. The standard InChI is InChI=1S/C20H15F5N4S/c21-18(22)10-29-9-16(19(28-29)20(23,24)25)13-4-2-1-3-12(13)15-7-27-8-17-14(15)5-11(6-26)30-17/h1-5,9,15,18,27H,7-8,10H2/t15-/m0/s1. The summed E-state index contributed by atoms with van der Waals surface area (Å²) in [6, 6.07) is 10.5. The number of nitrogens with zero attached hydrogens (tertiary/aromatic N) is 3. The number of halogens is 5. The van der Waals surface area contributed by atoms with Crippen molar-refractivity contribution in [3.63, 3.8) is 0 Å². The Hall–Kier alpha value is -2.77. The zero-order chi connectivity index (χ0) is 21.5. The van der Waals surface area contributed by atoms with Crippen molar-refractivity contribution < 1.29 is 22.0 Å². The van der Waals surface area contributed by atoms with Crippen LogP contribution in [0.5, 0.6) is 0 Å². The number of nitriles is 1. The van der Waals surface area contributed by atoms with Gasteiger partial charge in [0.25, 0.3) is 6.43 Å². The van der Waals surface area contributed by atoms with Crippen LogP contribution in [0, 0.1) is 11.3 Å². The van der Waals surface area contributed by atoms with Gasteiger partial charge in [0.15, 0.2) is 5.69 Å². The monoisotopic (exact) mass is 438 g/mol. The summed E-state index contributed by atoms with van der Waals surface area (Å²) in [4.78, 5) is 1.49.